The molecule has 0 aromatic heterocycles. The summed E-state index contributed by atoms with van der Waals surface area (Å²) < 4.78 is 5.71. The Balaban J connectivity index is 3.61. The molecule has 21 heavy (non-hydrogen) atoms. The number of rotatable bonds is 2. The van der Waals surface area contributed by atoms with Gasteiger partial charge >= 0.3 is 5.97 Å². The van der Waals surface area contributed by atoms with E-state index in [0.29, 0.717) is 11.3 Å². The average molecular weight is 288 g/mol. The fourth-order valence-electron chi connectivity index (χ4n) is 2.18. The van der Waals surface area contributed by atoms with Gasteiger partial charge in [0.1, 0.15) is 5.75 Å². The van der Waals surface area contributed by atoms with Crippen LogP contribution in [-0.4, -0.2) is 5.97 Å². The third-order valence-electron chi connectivity index (χ3n) is 3.39. The minimum Gasteiger partial charge on any atom is -0.423 e. The molecule has 116 valence electrons. The van der Waals surface area contributed by atoms with Crippen molar-refractivity contribution in [2.45, 2.75) is 66.2 Å². The number of benzene rings is 1. The third kappa shape index (κ3) is 4.20. The van der Waals surface area contributed by atoms with Crippen molar-refractivity contribution in [2.75, 3.05) is 0 Å². The molecule has 2 nitrogen and oxygen atoms in total. The summed E-state index contributed by atoms with van der Waals surface area (Å²) >= 11 is 0. The molecule has 0 N–H and O–H groups in total. The predicted molar refractivity (Wildman–Crippen MR) is 89.0 cm³/mol. The fraction of sp³-hybridized carbons (Fsp3) is 0.526. The summed E-state index contributed by atoms with van der Waals surface area (Å²) in [7, 11) is 0. The van der Waals surface area contributed by atoms with Crippen molar-refractivity contribution in [3.8, 4) is 5.75 Å². The Morgan fingerprint density at radius 2 is 1.38 bits per heavy atom. The molecule has 0 bridgehead atoms. The number of aryl methyl sites for hydroxylation is 1. The van der Waals surface area contributed by atoms with E-state index in [0.717, 1.165) is 11.1 Å². The largest absolute Gasteiger partial charge is 0.423 e. The molecular weight excluding hydrogens is 260 g/mol. The standard InChI is InChI=1S/C19H28O2/c1-12(2)17(20)21-16-14(18(4,5)6)10-13(3)11-15(16)19(7,8)9/h10-11H,1H2,2-9H3. The third-order valence-corrected chi connectivity index (χ3v) is 3.39. The summed E-state index contributed by atoms with van der Waals surface area (Å²) in [5, 5.41) is 0. The highest BCUT2D eigenvalue weighted by atomic mass is 16.5. The lowest BCUT2D eigenvalue weighted by Crippen LogP contribution is -2.22. The van der Waals surface area contributed by atoms with Crippen molar-refractivity contribution in [3.05, 3.63) is 41.0 Å². The van der Waals surface area contributed by atoms with Gasteiger partial charge in [-0.05, 0) is 24.7 Å². The second kappa shape index (κ2) is 5.67. The number of esters is 1. The van der Waals surface area contributed by atoms with Crippen LogP contribution in [0.1, 0.15) is 65.2 Å². The average Bonchev–Trinajstić information content (AvgIpc) is 2.27. The summed E-state index contributed by atoms with van der Waals surface area (Å²) in [5.74, 6) is 0.323. The van der Waals surface area contributed by atoms with Crippen LogP contribution >= 0.6 is 0 Å². The van der Waals surface area contributed by atoms with E-state index in [2.05, 4.69) is 67.2 Å². The summed E-state index contributed by atoms with van der Waals surface area (Å²) in [6.07, 6.45) is 0. The van der Waals surface area contributed by atoms with Gasteiger partial charge in [-0.1, -0.05) is 65.8 Å². The molecule has 0 amide bonds. The Bertz CT molecular complexity index is 531. The van der Waals surface area contributed by atoms with Gasteiger partial charge < -0.3 is 4.74 Å². The van der Waals surface area contributed by atoms with Crippen LogP contribution in [0.5, 0.6) is 5.75 Å². The monoisotopic (exact) mass is 288 g/mol. The Hall–Kier alpha value is -1.57. The molecular formula is C19H28O2. The molecule has 0 atom stereocenters. The van der Waals surface area contributed by atoms with E-state index in [1.807, 2.05) is 0 Å². The summed E-state index contributed by atoms with van der Waals surface area (Å²) in [4.78, 5) is 12.0. The predicted octanol–water partition coefficient (Wildman–Crippen LogP) is 5.07. The van der Waals surface area contributed by atoms with E-state index in [4.69, 9.17) is 4.74 Å². The topological polar surface area (TPSA) is 26.3 Å². The second-order valence-corrected chi connectivity index (χ2v) is 7.86. The smallest absolute Gasteiger partial charge is 0.338 e. The van der Waals surface area contributed by atoms with Gasteiger partial charge in [0, 0.05) is 16.7 Å². The van der Waals surface area contributed by atoms with E-state index < -0.39 is 0 Å². The Morgan fingerprint density at radius 1 is 1.00 bits per heavy atom. The van der Waals surface area contributed by atoms with Gasteiger partial charge in [-0.2, -0.15) is 0 Å². The maximum absolute atomic E-state index is 12.0. The first-order valence-corrected chi connectivity index (χ1v) is 7.37. The molecule has 0 saturated carbocycles. The van der Waals surface area contributed by atoms with Crippen LogP contribution < -0.4 is 4.74 Å². The minimum atomic E-state index is -0.366. The lowest BCUT2D eigenvalue weighted by molar-refractivity contribution is -0.130. The molecule has 0 aliphatic carbocycles. The molecule has 0 spiro atoms. The van der Waals surface area contributed by atoms with Gasteiger partial charge in [0.05, 0.1) is 0 Å². The summed E-state index contributed by atoms with van der Waals surface area (Å²) in [6.45, 7) is 20.2. The van der Waals surface area contributed by atoms with Crippen molar-refractivity contribution in [1.29, 1.82) is 0 Å². The van der Waals surface area contributed by atoms with Crippen LogP contribution in [0.15, 0.2) is 24.3 Å². The lowest BCUT2D eigenvalue weighted by atomic mass is 9.78. The van der Waals surface area contributed by atoms with Crippen molar-refractivity contribution in [2.24, 2.45) is 0 Å². The van der Waals surface area contributed by atoms with E-state index in [-0.39, 0.29) is 16.8 Å². The van der Waals surface area contributed by atoms with Crippen molar-refractivity contribution in [1.82, 2.24) is 0 Å². The number of ether oxygens (including phenoxy) is 1. The molecule has 0 unspecified atom stereocenters. The molecule has 1 aromatic carbocycles. The highest BCUT2D eigenvalue weighted by Crippen LogP contribution is 2.40. The van der Waals surface area contributed by atoms with Gasteiger partial charge in [-0.3, -0.25) is 0 Å². The normalized spacial score (nSPS) is 12.2. The molecule has 0 aliphatic rings. The molecule has 1 aromatic rings. The quantitative estimate of drug-likeness (QED) is 0.431. The van der Waals surface area contributed by atoms with E-state index in [1.165, 1.54) is 5.56 Å². The highest BCUT2D eigenvalue weighted by molar-refractivity contribution is 5.89. The Morgan fingerprint density at radius 3 is 1.67 bits per heavy atom. The second-order valence-electron chi connectivity index (χ2n) is 7.86. The minimum absolute atomic E-state index is 0.100. The van der Waals surface area contributed by atoms with Crippen LogP contribution in [0, 0.1) is 6.92 Å². The maximum atomic E-state index is 12.0. The first-order chi connectivity index (χ1) is 9.34. The SMILES string of the molecule is C=C(C)C(=O)Oc1c(C(C)(C)C)cc(C)cc1C(C)(C)C. The van der Waals surface area contributed by atoms with Crippen molar-refractivity contribution < 1.29 is 9.53 Å². The molecule has 0 aliphatic heterocycles. The van der Waals surface area contributed by atoms with Gasteiger partial charge in [0.25, 0.3) is 0 Å². The zero-order valence-electron chi connectivity index (χ0n) is 14.7. The van der Waals surface area contributed by atoms with E-state index in [9.17, 15) is 4.79 Å². The van der Waals surface area contributed by atoms with Gasteiger partial charge in [-0.15, -0.1) is 0 Å². The maximum Gasteiger partial charge on any atom is 0.338 e. The Labute approximate surface area is 129 Å². The van der Waals surface area contributed by atoms with Crippen LogP contribution in [0.25, 0.3) is 0 Å². The van der Waals surface area contributed by atoms with Gasteiger partial charge in [0.15, 0.2) is 0 Å². The van der Waals surface area contributed by atoms with E-state index >= 15 is 0 Å². The first-order valence-electron chi connectivity index (χ1n) is 7.37. The van der Waals surface area contributed by atoms with Crippen LogP contribution in [0.2, 0.25) is 0 Å². The molecule has 0 heterocycles. The molecule has 0 radical (unpaired) electrons. The van der Waals surface area contributed by atoms with Crippen molar-refractivity contribution >= 4 is 5.97 Å². The molecule has 0 saturated heterocycles. The summed E-state index contributed by atoms with van der Waals surface area (Å²) in [6, 6.07) is 4.21. The molecule has 1 rings (SSSR count). The zero-order chi connectivity index (χ0) is 16.6. The number of carbonyl (C=O) groups excluding carboxylic acids is 1. The number of hydrogen-bond donors (Lipinski definition) is 0. The van der Waals surface area contributed by atoms with Crippen LogP contribution in [-0.2, 0) is 15.6 Å². The Kier molecular flexibility index (Phi) is 4.72. The number of carbonyl (C=O) groups is 1. The summed E-state index contributed by atoms with van der Waals surface area (Å²) in [5.41, 5.74) is 3.51. The lowest BCUT2D eigenvalue weighted by Gasteiger charge is -2.29. The van der Waals surface area contributed by atoms with Gasteiger partial charge in [0.2, 0.25) is 0 Å². The molecule has 0 fully saturated rings. The molecule has 2 heteroatoms. The van der Waals surface area contributed by atoms with Gasteiger partial charge in [-0.25, -0.2) is 4.79 Å². The van der Waals surface area contributed by atoms with E-state index in [1.54, 1.807) is 6.92 Å². The van der Waals surface area contributed by atoms with Crippen LogP contribution in [0.4, 0.5) is 0 Å². The highest BCUT2D eigenvalue weighted by Gasteiger charge is 2.28. The first kappa shape index (κ1) is 17.5. The van der Waals surface area contributed by atoms with Crippen molar-refractivity contribution in [3.63, 3.8) is 0 Å². The number of hydrogen-bond acceptors (Lipinski definition) is 2. The zero-order valence-corrected chi connectivity index (χ0v) is 14.7. The fourth-order valence-corrected chi connectivity index (χ4v) is 2.18. The van der Waals surface area contributed by atoms with Crippen LogP contribution in [0.3, 0.4) is 0 Å².